The molecule has 3 aromatic carbocycles. The lowest BCUT2D eigenvalue weighted by Crippen LogP contribution is -2.36. The van der Waals surface area contributed by atoms with Crippen LogP contribution in [0.3, 0.4) is 0 Å². The second-order valence-electron chi connectivity index (χ2n) is 7.29. The highest BCUT2D eigenvalue weighted by Crippen LogP contribution is 2.18. The van der Waals surface area contributed by atoms with Gasteiger partial charge in [-0.25, -0.2) is 4.98 Å². The molecule has 0 spiro atoms. The topological polar surface area (TPSA) is 64.0 Å². The molecule has 0 aliphatic heterocycles. The van der Waals surface area contributed by atoms with E-state index in [9.17, 15) is 9.59 Å². The van der Waals surface area contributed by atoms with Gasteiger partial charge in [0.1, 0.15) is 12.4 Å². The van der Waals surface area contributed by atoms with Crippen LogP contribution in [0.25, 0.3) is 10.9 Å². The van der Waals surface area contributed by atoms with Gasteiger partial charge in [-0.1, -0.05) is 72.8 Å². The molecular formula is C25H23N3O2. The zero-order chi connectivity index (χ0) is 20.9. The van der Waals surface area contributed by atoms with E-state index in [0.29, 0.717) is 23.1 Å². The molecule has 0 bridgehead atoms. The maximum Gasteiger partial charge on any atom is 0.261 e. The number of nitrogens with one attached hydrogen (secondary N) is 1. The Balaban J connectivity index is 1.59. The fraction of sp³-hybridized carbons (Fsp3) is 0.160. The smallest absolute Gasteiger partial charge is 0.261 e. The molecule has 5 heteroatoms. The lowest BCUT2D eigenvalue weighted by atomic mass is 9.99. The molecule has 4 rings (SSSR count). The van der Waals surface area contributed by atoms with Crippen LogP contribution in [0.4, 0.5) is 0 Å². The normalized spacial score (nSPS) is 11.9. The zero-order valence-corrected chi connectivity index (χ0v) is 16.8. The predicted octanol–water partition coefficient (Wildman–Crippen LogP) is 3.81. The van der Waals surface area contributed by atoms with Crippen molar-refractivity contribution in [1.82, 2.24) is 14.9 Å². The van der Waals surface area contributed by atoms with E-state index in [2.05, 4.69) is 10.3 Å². The Labute approximate surface area is 175 Å². The molecule has 30 heavy (non-hydrogen) atoms. The van der Waals surface area contributed by atoms with E-state index in [0.717, 1.165) is 11.1 Å². The third-order valence-electron chi connectivity index (χ3n) is 5.17. The van der Waals surface area contributed by atoms with Gasteiger partial charge in [0.25, 0.3) is 5.56 Å². The summed E-state index contributed by atoms with van der Waals surface area (Å²) in [4.78, 5) is 30.3. The van der Waals surface area contributed by atoms with Crippen molar-refractivity contribution < 1.29 is 4.79 Å². The maximum atomic E-state index is 12.9. The van der Waals surface area contributed by atoms with Gasteiger partial charge >= 0.3 is 0 Å². The van der Waals surface area contributed by atoms with Crippen LogP contribution in [0.15, 0.2) is 89.7 Å². The van der Waals surface area contributed by atoms with E-state index in [1.807, 2.05) is 66.7 Å². The Morgan fingerprint density at radius 3 is 2.30 bits per heavy atom. The van der Waals surface area contributed by atoms with Gasteiger partial charge in [-0.05, 0) is 36.6 Å². The number of hydrogen-bond donors (Lipinski definition) is 1. The minimum Gasteiger partial charge on any atom is -0.347 e. The van der Waals surface area contributed by atoms with Crippen LogP contribution >= 0.6 is 0 Å². The molecule has 1 heterocycles. The fourth-order valence-corrected chi connectivity index (χ4v) is 3.64. The Morgan fingerprint density at radius 2 is 1.57 bits per heavy atom. The summed E-state index contributed by atoms with van der Waals surface area (Å²) in [6.45, 7) is 1.68. The molecule has 1 aromatic heterocycles. The van der Waals surface area contributed by atoms with Crippen molar-refractivity contribution in [1.29, 1.82) is 0 Å². The van der Waals surface area contributed by atoms with Crippen molar-refractivity contribution in [3.8, 4) is 0 Å². The molecule has 150 valence electrons. The van der Waals surface area contributed by atoms with E-state index in [1.54, 1.807) is 25.1 Å². The summed E-state index contributed by atoms with van der Waals surface area (Å²) in [5, 5.41) is 3.62. The third kappa shape index (κ3) is 4.30. The van der Waals surface area contributed by atoms with E-state index in [1.165, 1.54) is 4.57 Å². The van der Waals surface area contributed by atoms with Crippen LogP contribution in [0, 0.1) is 6.92 Å². The van der Waals surface area contributed by atoms with Gasteiger partial charge in [0, 0.05) is 0 Å². The number of carbonyl (C=O) groups excluding carboxylic acids is 1. The number of amides is 1. The van der Waals surface area contributed by atoms with Crippen LogP contribution in [0.1, 0.15) is 23.0 Å². The van der Waals surface area contributed by atoms with Crippen LogP contribution < -0.4 is 10.9 Å². The molecule has 0 radical (unpaired) electrons. The largest absolute Gasteiger partial charge is 0.347 e. The first kappa shape index (κ1) is 19.6. The standard InChI is InChI=1S/C25H23N3O2/c1-18-26-22-15-9-8-14-21(22)25(30)28(18)17-24(29)27-23(20-12-6-3-7-13-20)16-19-10-4-2-5-11-19/h2-15,23H,16-17H2,1H3,(H,27,29)/t23-/m0/s1. The first-order chi connectivity index (χ1) is 14.6. The first-order valence-corrected chi connectivity index (χ1v) is 9.96. The second-order valence-corrected chi connectivity index (χ2v) is 7.29. The molecule has 4 aromatic rings. The average molecular weight is 397 g/mol. The molecule has 0 saturated carbocycles. The molecule has 0 fully saturated rings. The highest BCUT2D eigenvalue weighted by molar-refractivity contribution is 5.79. The molecule has 0 aliphatic rings. The molecule has 1 N–H and O–H groups in total. The van der Waals surface area contributed by atoms with Crippen LogP contribution in [0.5, 0.6) is 0 Å². The van der Waals surface area contributed by atoms with Gasteiger partial charge < -0.3 is 5.32 Å². The first-order valence-electron chi connectivity index (χ1n) is 9.96. The molecule has 0 unspecified atom stereocenters. The minimum atomic E-state index is -0.220. The van der Waals surface area contributed by atoms with Crippen molar-refractivity contribution >= 4 is 16.8 Å². The van der Waals surface area contributed by atoms with Crippen molar-refractivity contribution in [2.75, 3.05) is 0 Å². The number of carbonyl (C=O) groups is 1. The number of aromatic nitrogens is 2. The number of para-hydroxylation sites is 1. The highest BCUT2D eigenvalue weighted by Gasteiger charge is 2.17. The average Bonchev–Trinajstić information content (AvgIpc) is 2.77. The summed E-state index contributed by atoms with van der Waals surface area (Å²) < 4.78 is 1.43. The molecule has 5 nitrogen and oxygen atoms in total. The van der Waals surface area contributed by atoms with E-state index >= 15 is 0 Å². The molecule has 0 saturated heterocycles. The SMILES string of the molecule is Cc1nc2ccccc2c(=O)n1CC(=O)N[C@@H](Cc1ccccc1)c1ccccc1. The van der Waals surface area contributed by atoms with Gasteiger partial charge in [0.2, 0.25) is 5.91 Å². The van der Waals surface area contributed by atoms with Gasteiger partial charge in [-0.15, -0.1) is 0 Å². The summed E-state index contributed by atoms with van der Waals surface area (Å²) in [5.41, 5.74) is 2.60. The van der Waals surface area contributed by atoms with E-state index in [-0.39, 0.29) is 24.1 Å². The third-order valence-corrected chi connectivity index (χ3v) is 5.17. The Hall–Kier alpha value is -3.73. The summed E-state index contributed by atoms with van der Waals surface area (Å²) >= 11 is 0. The van der Waals surface area contributed by atoms with Gasteiger partial charge in [0.15, 0.2) is 0 Å². The van der Waals surface area contributed by atoms with Crippen molar-refractivity contribution in [2.24, 2.45) is 0 Å². The number of fused-ring (bicyclic) bond motifs is 1. The molecule has 1 amide bonds. The number of rotatable bonds is 6. The summed E-state index contributed by atoms with van der Waals surface area (Å²) in [5.74, 6) is 0.301. The highest BCUT2D eigenvalue weighted by atomic mass is 16.2. The van der Waals surface area contributed by atoms with Gasteiger partial charge in [-0.2, -0.15) is 0 Å². The lowest BCUT2D eigenvalue weighted by molar-refractivity contribution is -0.122. The van der Waals surface area contributed by atoms with Crippen LogP contribution in [-0.2, 0) is 17.8 Å². The number of nitrogens with zero attached hydrogens (tertiary/aromatic N) is 2. The Kier molecular flexibility index (Phi) is 5.70. The monoisotopic (exact) mass is 397 g/mol. The van der Waals surface area contributed by atoms with Crippen molar-refractivity contribution in [3.05, 3.63) is 112 Å². The fourth-order valence-electron chi connectivity index (χ4n) is 3.64. The van der Waals surface area contributed by atoms with Crippen molar-refractivity contribution in [2.45, 2.75) is 25.9 Å². The van der Waals surface area contributed by atoms with Crippen LogP contribution in [-0.4, -0.2) is 15.5 Å². The minimum absolute atomic E-state index is 0.0688. The summed E-state index contributed by atoms with van der Waals surface area (Å²) in [6, 6.07) is 26.9. The quantitative estimate of drug-likeness (QED) is 0.538. The van der Waals surface area contributed by atoms with Gasteiger partial charge in [0.05, 0.1) is 16.9 Å². The molecule has 0 aliphatic carbocycles. The van der Waals surface area contributed by atoms with E-state index < -0.39 is 0 Å². The van der Waals surface area contributed by atoms with Crippen molar-refractivity contribution in [3.63, 3.8) is 0 Å². The number of benzene rings is 3. The lowest BCUT2D eigenvalue weighted by Gasteiger charge is -2.20. The predicted molar refractivity (Wildman–Crippen MR) is 118 cm³/mol. The van der Waals surface area contributed by atoms with Crippen LogP contribution in [0.2, 0.25) is 0 Å². The molecular weight excluding hydrogens is 374 g/mol. The Bertz CT molecular complexity index is 1220. The number of aryl methyl sites for hydroxylation is 1. The molecule has 1 atom stereocenters. The Morgan fingerprint density at radius 1 is 0.933 bits per heavy atom. The maximum absolute atomic E-state index is 12.9. The number of hydrogen-bond acceptors (Lipinski definition) is 3. The van der Waals surface area contributed by atoms with Gasteiger partial charge in [-0.3, -0.25) is 14.2 Å². The summed E-state index contributed by atoms with van der Waals surface area (Å²) in [6.07, 6.45) is 0.667. The zero-order valence-electron chi connectivity index (χ0n) is 16.8. The van der Waals surface area contributed by atoms with E-state index in [4.69, 9.17) is 0 Å². The summed E-state index contributed by atoms with van der Waals surface area (Å²) in [7, 11) is 0. The second kappa shape index (κ2) is 8.74.